The summed E-state index contributed by atoms with van der Waals surface area (Å²) in [6.45, 7) is 0. The van der Waals surface area contributed by atoms with Gasteiger partial charge in [0.1, 0.15) is 6.17 Å². The SMILES string of the molecule is CO[C@@H]1CC[C@@H](N)[C@H](F)C1. The first-order valence-electron chi connectivity index (χ1n) is 3.66. The maximum absolute atomic E-state index is 12.8. The van der Waals surface area contributed by atoms with Crippen LogP contribution in [-0.4, -0.2) is 25.4 Å². The molecule has 2 nitrogen and oxygen atoms in total. The molecule has 1 aliphatic carbocycles. The third-order valence-electron chi connectivity index (χ3n) is 2.11. The minimum absolute atomic E-state index is 0.0924. The molecule has 1 rings (SSSR count). The number of rotatable bonds is 1. The van der Waals surface area contributed by atoms with Crippen molar-refractivity contribution >= 4 is 0 Å². The maximum atomic E-state index is 12.8. The van der Waals surface area contributed by atoms with E-state index in [0.717, 1.165) is 12.8 Å². The Morgan fingerprint density at radius 3 is 2.70 bits per heavy atom. The average Bonchev–Trinajstić information content (AvgIpc) is 1.95. The van der Waals surface area contributed by atoms with Gasteiger partial charge in [0, 0.05) is 19.6 Å². The van der Waals surface area contributed by atoms with Crippen LogP contribution in [0.25, 0.3) is 0 Å². The molecule has 0 aliphatic heterocycles. The van der Waals surface area contributed by atoms with Crippen molar-refractivity contribution in [2.75, 3.05) is 7.11 Å². The molecule has 0 aromatic heterocycles. The highest BCUT2D eigenvalue weighted by molar-refractivity contribution is 4.82. The Kier molecular flexibility index (Phi) is 2.63. The van der Waals surface area contributed by atoms with Gasteiger partial charge in [0.15, 0.2) is 0 Å². The van der Waals surface area contributed by atoms with Crippen LogP contribution in [0.1, 0.15) is 19.3 Å². The molecule has 0 aromatic rings. The number of hydrogen-bond acceptors (Lipinski definition) is 2. The van der Waals surface area contributed by atoms with Crippen molar-refractivity contribution in [2.45, 2.75) is 37.6 Å². The summed E-state index contributed by atoms with van der Waals surface area (Å²) in [5.74, 6) is 0. The highest BCUT2D eigenvalue weighted by Gasteiger charge is 2.27. The summed E-state index contributed by atoms with van der Waals surface area (Å²) in [5.41, 5.74) is 5.46. The second kappa shape index (κ2) is 3.30. The van der Waals surface area contributed by atoms with Crippen molar-refractivity contribution in [1.29, 1.82) is 0 Å². The number of alkyl halides is 1. The molecule has 0 radical (unpaired) electrons. The monoisotopic (exact) mass is 147 g/mol. The van der Waals surface area contributed by atoms with Gasteiger partial charge in [-0.05, 0) is 12.8 Å². The molecule has 0 heterocycles. The maximum Gasteiger partial charge on any atom is 0.118 e. The van der Waals surface area contributed by atoms with Gasteiger partial charge in [0.05, 0.1) is 6.10 Å². The van der Waals surface area contributed by atoms with E-state index >= 15 is 0 Å². The van der Waals surface area contributed by atoms with Crippen LogP contribution in [0.15, 0.2) is 0 Å². The molecule has 0 aromatic carbocycles. The summed E-state index contributed by atoms with van der Waals surface area (Å²) in [6, 6.07) is -0.258. The summed E-state index contributed by atoms with van der Waals surface area (Å²) in [4.78, 5) is 0. The van der Waals surface area contributed by atoms with Crippen LogP contribution >= 0.6 is 0 Å². The Bertz CT molecular complexity index is 110. The Morgan fingerprint density at radius 2 is 2.20 bits per heavy atom. The largest absolute Gasteiger partial charge is 0.381 e. The fraction of sp³-hybridized carbons (Fsp3) is 1.00. The van der Waals surface area contributed by atoms with Crippen LogP contribution in [0.2, 0.25) is 0 Å². The first-order chi connectivity index (χ1) is 4.74. The van der Waals surface area contributed by atoms with Gasteiger partial charge in [0.25, 0.3) is 0 Å². The van der Waals surface area contributed by atoms with Gasteiger partial charge in [-0.3, -0.25) is 0 Å². The normalized spacial score (nSPS) is 41.7. The predicted molar refractivity (Wildman–Crippen MR) is 37.5 cm³/mol. The van der Waals surface area contributed by atoms with Gasteiger partial charge in [0.2, 0.25) is 0 Å². The van der Waals surface area contributed by atoms with Crippen molar-refractivity contribution < 1.29 is 9.13 Å². The standard InChI is InChI=1S/C7H14FNO/c1-10-5-2-3-7(9)6(8)4-5/h5-7H,2-4,9H2,1H3/t5-,6-,7-/m1/s1. The van der Waals surface area contributed by atoms with E-state index in [9.17, 15) is 4.39 Å². The summed E-state index contributed by atoms with van der Waals surface area (Å²) in [6.07, 6.45) is 1.35. The number of halogens is 1. The minimum Gasteiger partial charge on any atom is -0.381 e. The third-order valence-corrected chi connectivity index (χ3v) is 2.11. The summed E-state index contributed by atoms with van der Waals surface area (Å²) in [7, 11) is 1.62. The smallest absolute Gasteiger partial charge is 0.118 e. The fourth-order valence-electron chi connectivity index (χ4n) is 1.32. The lowest BCUT2D eigenvalue weighted by Gasteiger charge is -2.28. The van der Waals surface area contributed by atoms with Crippen LogP contribution < -0.4 is 5.73 Å². The van der Waals surface area contributed by atoms with Crippen LogP contribution in [0.4, 0.5) is 4.39 Å². The number of hydrogen-bond donors (Lipinski definition) is 1. The van der Waals surface area contributed by atoms with Gasteiger partial charge in [-0.1, -0.05) is 0 Å². The molecule has 0 spiro atoms. The zero-order valence-corrected chi connectivity index (χ0v) is 6.22. The van der Waals surface area contributed by atoms with E-state index in [1.54, 1.807) is 7.11 Å². The molecule has 0 saturated heterocycles. The van der Waals surface area contributed by atoms with Crippen molar-refractivity contribution in [2.24, 2.45) is 5.73 Å². The predicted octanol–water partition coefficient (Wildman–Crippen LogP) is 0.851. The fourth-order valence-corrected chi connectivity index (χ4v) is 1.32. The number of ether oxygens (including phenoxy) is 1. The van der Waals surface area contributed by atoms with E-state index in [2.05, 4.69) is 0 Å². The Balaban J connectivity index is 2.33. The highest BCUT2D eigenvalue weighted by atomic mass is 19.1. The molecule has 0 amide bonds. The molecule has 1 saturated carbocycles. The summed E-state index contributed by atoms with van der Waals surface area (Å²) < 4.78 is 17.8. The topological polar surface area (TPSA) is 35.2 Å². The lowest BCUT2D eigenvalue weighted by atomic mass is 9.92. The first-order valence-corrected chi connectivity index (χ1v) is 3.66. The molecule has 3 heteroatoms. The van der Waals surface area contributed by atoms with Crippen LogP contribution in [0.5, 0.6) is 0 Å². The van der Waals surface area contributed by atoms with Gasteiger partial charge >= 0.3 is 0 Å². The minimum atomic E-state index is -0.862. The van der Waals surface area contributed by atoms with Gasteiger partial charge in [-0.2, -0.15) is 0 Å². The van der Waals surface area contributed by atoms with Gasteiger partial charge in [-0.15, -0.1) is 0 Å². The molecular weight excluding hydrogens is 133 g/mol. The average molecular weight is 147 g/mol. The molecule has 1 aliphatic rings. The molecule has 3 atom stereocenters. The van der Waals surface area contributed by atoms with Crippen molar-refractivity contribution in [3.8, 4) is 0 Å². The third kappa shape index (κ3) is 1.67. The Hall–Kier alpha value is -0.150. The number of nitrogens with two attached hydrogens (primary N) is 1. The molecule has 1 fully saturated rings. The molecule has 0 unspecified atom stereocenters. The van der Waals surface area contributed by atoms with E-state index in [1.807, 2.05) is 0 Å². The summed E-state index contributed by atoms with van der Waals surface area (Å²) in [5, 5.41) is 0. The molecular formula is C7H14FNO. The van der Waals surface area contributed by atoms with Crippen molar-refractivity contribution in [1.82, 2.24) is 0 Å². The number of methoxy groups -OCH3 is 1. The molecule has 0 bridgehead atoms. The zero-order chi connectivity index (χ0) is 7.56. The quantitative estimate of drug-likeness (QED) is 0.596. The second-order valence-electron chi connectivity index (χ2n) is 2.85. The van der Waals surface area contributed by atoms with Crippen LogP contribution in [0.3, 0.4) is 0 Å². The first kappa shape index (κ1) is 7.95. The van der Waals surface area contributed by atoms with Crippen molar-refractivity contribution in [3.63, 3.8) is 0 Å². The molecule has 60 valence electrons. The van der Waals surface area contributed by atoms with E-state index in [0.29, 0.717) is 6.42 Å². The summed E-state index contributed by atoms with van der Waals surface area (Å²) >= 11 is 0. The van der Waals surface area contributed by atoms with Crippen LogP contribution in [0, 0.1) is 0 Å². The lowest BCUT2D eigenvalue weighted by Crippen LogP contribution is -2.39. The van der Waals surface area contributed by atoms with E-state index < -0.39 is 6.17 Å². The van der Waals surface area contributed by atoms with Crippen molar-refractivity contribution in [3.05, 3.63) is 0 Å². The second-order valence-corrected chi connectivity index (χ2v) is 2.85. The molecule has 10 heavy (non-hydrogen) atoms. The van der Waals surface area contributed by atoms with Crippen LogP contribution in [-0.2, 0) is 4.74 Å². The Morgan fingerprint density at radius 1 is 1.50 bits per heavy atom. The zero-order valence-electron chi connectivity index (χ0n) is 6.22. The van der Waals surface area contributed by atoms with E-state index in [4.69, 9.17) is 10.5 Å². The van der Waals surface area contributed by atoms with E-state index in [1.165, 1.54) is 0 Å². The Labute approximate surface area is 60.5 Å². The van der Waals surface area contributed by atoms with E-state index in [-0.39, 0.29) is 12.1 Å². The molecule has 2 N–H and O–H groups in total. The van der Waals surface area contributed by atoms with Gasteiger partial charge < -0.3 is 10.5 Å². The van der Waals surface area contributed by atoms with Gasteiger partial charge in [-0.25, -0.2) is 4.39 Å². The highest BCUT2D eigenvalue weighted by Crippen LogP contribution is 2.21. The lowest BCUT2D eigenvalue weighted by molar-refractivity contribution is 0.0325.